The van der Waals surface area contributed by atoms with Gasteiger partial charge in [-0.05, 0) is 31.2 Å². The van der Waals surface area contributed by atoms with Gasteiger partial charge >= 0.3 is 0 Å². The first-order valence-electron chi connectivity index (χ1n) is 8.14. The van der Waals surface area contributed by atoms with Gasteiger partial charge in [0.25, 0.3) is 5.91 Å². The molecule has 0 aliphatic carbocycles. The van der Waals surface area contributed by atoms with Crippen molar-refractivity contribution < 1.29 is 14.3 Å². The summed E-state index contributed by atoms with van der Waals surface area (Å²) in [5, 5.41) is 1.13. The van der Waals surface area contributed by atoms with E-state index >= 15 is 0 Å². The van der Waals surface area contributed by atoms with Crippen LogP contribution < -0.4 is 0 Å². The summed E-state index contributed by atoms with van der Waals surface area (Å²) in [5.41, 5.74) is 1.01. The Balaban J connectivity index is 1.89. The van der Waals surface area contributed by atoms with Crippen molar-refractivity contribution >= 4 is 27.3 Å². The van der Waals surface area contributed by atoms with Gasteiger partial charge in [-0.25, -0.2) is 0 Å². The molecule has 0 N–H and O–H groups in total. The van der Waals surface area contributed by atoms with E-state index < -0.39 is 0 Å². The van der Waals surface area contributed by atoms with Crippen LogP contribution in [0.1, 0.15) is 35.0 Å². The first-order valence-corrected chi connectivity index (χ1v) is 8.96. The fourth-order valence-corrected chi connectivity index (χ4v) is 4.37. The monoisotopic (exact) mass is 333 g/mol. The SMILES string of the molecule is CCOC1CCCN(C(=O)c2sc3ccccc3c2COC)C1. The van der Waals surface area contributed by atoms with Crippen LogP contribution in [-0.4, -0.2) is 43.7 Å². The maximum absolute atomic E-state index is 13.0. The minimum atomic E-state index is 0.114. The summed E-state index contributed by atoms with van der Waals surface area (Å²) in [4.78, 5) is 15.8. The Morgan fingerprint density at radius 2 is 2.22 bits per heavy atom. The van der Waals surface area contributed by atoms with E-state index in [2.05, 4.69) is 12.1 Å². The van der Waals surface area contributed by atoms with Crippen molar-refractivity contribution in [3.63, 3.8) is 0 Å². The summed E-state index contributed by atoms with van der Waals surface area (Å²) >= 11 is 1.57. The van der Waals surface area contributed by atoms with Crippen molar-refractivity contribution in [3.8, 4) is 0 Å². The number of ether oxygens (including phenoxy) is 2. The van der Waals surface area contributed by atoms with Crippen LogP contribution in [0.15, 0.2) is 24.3 Å². The van der Waals surface area contributed by atoms with Gasteiger partial charge in [-0.1, -0.05) is 18.2 Å². The first kappa shape index (κ1) is 16.4. The smallest absolute Gasteiger partial charge is 0.264 e. The highest BCUT2D eigenvalue weighted by Crippen LogP contribution is 2.33. The third-order valence-electron chi connectivity index (χ3n) is 4.25. The van der Waals surface area contributed by atoms with Crippen LogP contribution in [-0.2, 0) is 16.1 Å². The number of thiophene rings is 1. The molecule has 1 unspecified atom stereocenters. The molecule has 0 bridgehead atoms. The molecule has 1 saturated heterocycles. The molecule has 1 atom stereocenters. The van der Waals surface area contributed by atoms with Gasteiger partial charge in [0.15, 0.2) is 0 Å². The first-order chi connectivity index (χ1) is 11.2. The average molecular weight is 333 g/mol. The van der Waals surface area contributed by atoms with Gasteiger partial charge in [-0.15, -0.1) is 11.3 Å². The summed E-state index contributed by atoms with van der Waals surface area (Å²) in [7, 11) is 1.67. The van der Waals surface area contributed by atoms with Crippen molar-refractivity contribution in [1.29, 1.82) is 0 Å². The Hall–Kier alpha value is -1.43. The molecule has 1 aliphatic rings. The number of fused-ring (bicyclic) bond motifs is 1. The summed E-state index contributed by atoms with van der Waals surface area (Å²) in [6, 6.07) is 8.15. The molecule has 0 saturated carbocycles. The lowest BCUT2D eigenvalue weighted by atomic mass is 10.1. The van der Waals surface area contributed by atoms with Crippen molar-refractivity contribution in [2.24, 2.45) is 0 Å². The third-order valence-corrected chi connectivity index (χ3v) is 5.45. The van der Waals surface area contributed by atoms with Crippen LogP contribution in [0.3, 0.4) is 0 Å². The average Bonchev–Trinajstić information content (AvgIpc) is 2.94. The van der Waals surface area contributed by atoms with Crippen LogP contribution >= 0.6 is 11.3 Å². The minimum Gasteiger partial charge on any atom is -0.380 e. The molecule has 1 aromatic carbocycles. The van der Waals surface area contributed by atoms with E-state index in [0.29, 0.717) is 19.8 Å². The molecule has 1 aliphatic heterocycles. The Kier molecular flexibility index (Phi) is 5.30. The van der Waals surface area contributed by atoms with Gasteiger partial charge in [-0.2, -0.15) is 0 Å². The van der Waals surface area contributed by atoms with Crippen molar-refractivity contribution in [2.45, 2.75) is 32.5 Å². The van der Waals surface area contributed by atoms with Crippen LogP contribution in [0, 0.1) is 0 Å². The highest BCUT2D eigenvalue weighted by Gasteiger charge is 2.28. The van der Waals surface area contributed by atoms with Gasteiger partial charge in [0.05, 0.1) is 17.6 Å². The molecule has 0 spiro atoms. The van der Waals surface area contributed by atoms with Gasteiger partial charge in [0, 0.05) is 37.1 Å². The molecular formula is C18H23NO3S. The predicted octanol–water partition coefficient (Wildman–Crippen LogP) is 3.69. The van der Waals surface area contributed by atoms with Gasteiger partial charge in [0.1, 0.15) is 0 Å². The van der Waals surface area contributed by atoms with E-state index in [1.807, 2.05) is 24.0 Å². The van der Waals surface area contributed by atoms with E-state index in [1.165, 1.54) is 0 Å². The number of carbonyl (C=O) groups excluding carboxylic acids is 1. The summed E-state index contributed by atoms with van der Waals surface area (Å²) in [6.45, 7) is 4.66. The molecule has 124 valence electrons. The number of hydrogen-bond acceptors (Lipinski definition) is 4. The van der Waals surface area contributed by atoms with Crippen LogP contribution in [0.25, 0.3) is 10.1 Å². The summed E-state index contributed by atoms with van der Waals surface area (Å²) < 4.78 is 12.2. The van der Waals surface area contributed by atoms with E-state index in [9.17, 15) is 4.79 Å². The second-order valence-corrected chi connectivity index (χ2v) is 6.86. The lowest BCUT2D eigenvalue weighted by molar-refractivity contribution is 0.00732. The molecule has 2 aromatic rings. The third kappa shape index (κ3) is 3.42. The Morgan fingerprint density at radius 1 is 1.39 bits per heavy atom. The molecule has 1 amide bonds. The summed E-state index contributed by atoms with van der Waals surface area (Å²) in [6.07, 6.45) is 2.20. The zero-order valence-electron chi connectivity index (χ0n) is 13.7. The lowest BCUT2D eigenvalue weighted by Gasteiger charge is -2.32. The Labute approximate surface area is 141 Å². The van der Waals surface area contributed by atoms with Gasteiger partial charge < -0.3 is 14.4 Å². The van der Waals surface area contributed by atoms with Gasteiger partial charge in [-0.3, -0.25) is 4.79 Å². The largest absolute Gasteiger partial charge is 0.380 e. The van der Waals surface area contributed by atoms with E-state index in [4.69, 9.17) is 9.47 Å². The topological polar surface area (TPSA) is 38.8 Å². The highest BCUT2D eigenvalue weighted by atomic mass is 32.1. The molecular weight excluding hydrogens is 310 g/mol. The lowest BCUT2D eigenvalue weighted by Crippen LogP contribution is -2.43. The maximum Gasteiger partial charge on any atom is 0.264 e. The zero-order valence-corrected chi connectivity index (χ0v) is 14.5. The number of likely N-dealkylation sites (tertiary alicyclic amines) is 1. The standard InChI is InChI=1S/C18H23NO3S/c1-3-22-13-7-6-10-19(11-13)18(20)17-15(12-21-2)14-8-4-5-9-16(14)23-17/h4-5,8-9,13H,3,6-7,10-12H2,1-2H3. The highest BCUT2D eigenvalue weighted by molar-refractivity contribution is 7.21. The molecule has 1 fully saturated rings. The predicted molar refractivity (Wildman–Crippen MR) is 93.1 cm³/mol. The second kappa shape index (κ2) is 7.43. The molecule has 5 heteroatoms. The molecule has 1 aromatic heterocycles. The Morgan fingerprint density at radius 3 is 3.00 bits per heavy atom. The van der Waals surface area contributed by atoms with Crippen LogP contribution in [0.5, 0.6) is 0 Å². The number of methoxy groups -OCH3 is 1. The number of amides is 1. The molecule has 2 heterocycles. The van der Waals surface area contributed by atoms with Crippen molar-refractivity contribution in [3.05, 3.63) is 34.7 Å². The molecule has 0 radical (unpaired) electrons. The number of nitrogens with zero attached hydrogens (tertiary/aromatic N) is 1. The molecule has 4 nitrogen and oxygen atoms in total. The Bertz CT molecular complexity index is 680. The fourth-order valence-electron chi connectivity index (χ4n) is 3.20. The number of rotatable bonds is 5. The minimum absolute atomic E-state index is 0.114. The maximum atomic E-state index is 13.0. The fraction of sp³-hybridized carbons (Fsp3) is 0.500. The van der Waals surface area contributed by atoms with Crippen LogP contribution in [0.4, 0.5) is 0 Å². The summed E-state index contributed by atoms with van der Waals surface area (Å²) in [5.74, 6) is 0.114. The quantitative estimate of drug-likeness (QED) is 0.838. The normalized spacial score (nSPS) is 18.5. The number of benzene rings is 1. The van der Waals surface area contributed by atoms with E-state index in [0.717, 1.165) is 39.9 Å². The number of carbonyl (C=O) groups is 1. The molecule has 3 rings (SSSR count). The van der Waals surface area contributed by atoms with Crippen molar-refractivity contribution in [2.75, 3.05) is 26.8 Å². The molecule has 23 heavy (non-hydrogen) atoms. The van der Waals surface area contributed by atoms with E-state index in [1.54, 1.807) is 18.4 Å². The number of piperidine rings is 1. The second-order valence-electron chi connectivity index (χ2n) is 5.81. The van der Waals surface area contributed by atoms with E-state index in [-0.39, 0.29) is 12.0 Å². The zero-order chi connectivity index (χ0) is 16.2. The van der Waals surface area contributed by atoms with Gasteiger partial charge in [0.2, 0.25) is 0 Å². The van der Waals surface area contributed by atoms with Crippen LogP contribution in [0.2, 0.25) is 0 Å². The number of hydrogen-bond donors (Lipinski definition) is 0. The van der Waals surface area contributed by atoms with Crippen molar-refractivity contribution in [1.82, 2.24) is 4.90 Å².